The Labute approximate surface area is 127 Å². The maximum Gasteiger partial charge on any atom is 0.252 e. The monoisotopic (exact) mass is 314 g/mol. The normalized spacial score (nSPS) is 11.5. The van der Waals surface area contributed by atoms with E-state index in [1.807, 2.05) is 12.1 Å². The molecule has 2 N–H and O–H groups in total. The van der Waals surface area contributed by atoms with Crippen LogP contribution in [0.4, 0.5) is 0 Å². The summed E-state index contributed by atoms with van der Waals surface area (Å²) in [5, 5.41) is 10.8. The van der Waals surface area contributed by atoms with Gasteiger partial charge >= 0.3 is 0 Å². The Balaban J connectivity index is 2.02. The van der Waals surface area contributed by atoms with Crippen molar-refractivity contribution in [3.8, 4) is 16.3 Å². The van der Waals surface area contributed by atoms with E-state index in [1.165, 1.54) is 22.3 Å². The molecule has 0 aliphatic heterocycles. The Bertz CT molecular complexity index is 1040. The van der Waals surface area contributed by atoms with E-state index < -0.39 is 0 Å². The fourth-order valence-corrected chi connectivity index (χ4v) is 4.22. The lowest BCUT2D eigenvalue weighted by Gasteiger charge is -1.97. The number of aryl methyl sites for hydroxylation is 1. The molecule has 0 aliphatic carbocycles. The minimum Gasteiger partial charge on any atom is -0.506 e. The highest BCUT2D eigenvalue weighted by molar-refractivity contribution is 7.25. The van der Waals surface area contributed by atoms with Crippen LogP contribution in [-0.2, 0) is 0 Å². The van der Waals surface area contributed by atoms with Gasteiger partial charge in [-0.1, -0.05) is 0 Å². The number of rotatable bonds is 1. The minimum absolute atomic E-state index is 0.00488. The van der Waals surface area contributed by atoms with Crippen LogP contribution in [0.25, 0.3) is 31.0 Å². The molecule has 0 saturated heterocycles. The summed E-state index contributed by atoms with van der Waals surface area (Å²) < 4.78 is 0.664. The largest absolute Gasteiger partial charge is 0.506 e. The van der Waals surface area contributed by atoms with Gasteiger partial charge in [-0.25, -0.2) is 4.98 Å². The van der Waals surface area contributed by atoms with E-state index in [1.54, 1.807) is 11.3 Å². The molecular weight excluding hydrogens is 304 g/mol. The third-order valence-electron chi connectivity index (χ3n) is 3.30. The minimum atomic E-state index is -0.308. The van der Waals surface area contributed by atoms with Gasteiger partial charge in [-0.2, -0.15) is 0 Å². The number of H-pyrrole nitrogens is 1. The summed E-state index contributed by atoms with van der Waals surface area (Å²) in [6.07, 6.45) is 0. The fourth-order valence-electron chi connectivity index (χ4n) is 2.34. The second-order valence-electron chi connectivity index (χ2n) is 4.78. The van der Waals surface area contributed by atoms with Crippen LogP contribution in [0.2, 0.25) is 0 Å². The smallest absolute Gasteiger partial charge is 0.252 e. The van der Waals surface area contributed by atoms with E-state index >= 15 is 0 Å². The number of hydrogen-bond donors (Lipinski definition) is 2. The maximum absolute atomic E-state index is 11.5. The highest BCUT2D eigenvalue weighted by Crippen LogP contribution is 2.37. The van der Waals surface area contributed by atoms with Gasteiger partial charge in [0.05, 0.1) is 20.8 Å². The molecule has 0 radical (unpaired) electrons. The molecule has 4 nitrogen and oxygen atoms in total. The molecule has 0 unspecified atom stereocenters. The van der Waals surface area contributed by atoms with Gasteiger partial charge in [0.1, 0.15) is 10.6 Å². The summed E-state index contributed by atoms with van der Waals surface area (Å²) in [7, 11) is 0. The summed E-state index contributed by atoms with van der Waals surface area (Å²) in [6.45, 7) is 2.06. The van der Waals surface area contributed by atoms with Gasteiger partial charge in [0.2, 0.25) is 0 Å². The zero-order chi connectivity index (χ0) is 14.6. The van der Waals surface area contributed by atoms with Crippen molar-refractivity contribution in [2.75, 3.05) is 0 Å². The highest BCUT2D eigenvalue weighted by Gasteiger charge is 2.12. The van der Waals surface area contributed by atoms with Gasteiger partial charge in [-0.05, 0) is 31.2 Å². The third kappa shape index (κ3) is 1.95. The van der Waals surface area contributed by atoms with Crippen molar-refractivity contribution in [3.63, 3.8) is 0 Å². The summed E-state index contributed by atoms with van der Waals surface area (Å²) in [5.74, 6) is 0.00488. The van der Waals surface area contributed by atoms with Crippen molar-refractivity contribution in [3.05, 3.63) is 45.6 Å². The Morgan fingerprint density at radius 1 is 1.19 bits per heavy atom. The van der Waals surface area contributed by atoms with Gasteiger partial charge in [-0.3, -0.25) is 4.79 Å². The number of hydrogen-bond acceptors (Lipinski definition) is 5. The van der Waals surface area contributed by atoms with Crippen LogP contribution < -0.4 is 5.56 Å². The molecule has 4 aromatic heterocycles. The first kappa shape index (κ1) is 12.6. The Morgan fingerprint density at radius 3 is 2.81 bits per heavy atom. The fraction of sp³-hybridized carbons (Fsp3) is 0.0667. The number of nitrogens with zero attached hydrogens (tertiary/aromatic N) is 1. The zero-order valence-corrected chi connectivity index (χ0v) is 12.6. The lowest BCUT2D eigenvalue weighted by Crippen LogP contribution is -2.01. The van der Waals surface area contributed by atoms with Gasteiger partial charge < -0.3 is 10.1 Å². The molecule has 0 fully saturated rings. The average Bonchev–Trinajstić information content (AvgIpc) is 3.02. The topological polar surface area (TPSA) is 66.0 Å². The van der Waals surface area contributed by atoms with Crippen LogP contribution in [0.3, 0.4) is 0 Å². The van der Waals surface area contributed by atoms with E-state index in [9.17, 15) is 9.90 Å². The number of pyridine rings is 2. The second kappa shape index (κ2) is 4.41. The first-order valence-electron chi connectivity index (χ1n) is 6.34. The molecule has 4 aromatic rings. The Morgan fingerprint density at radius 2 is 2.05 bits per heavy atom. The molecule has 0 aromatic carbocycles. The van der Waals surface area contributed by atoms with Gasteiger partial charge in [-0.15, -0.1) is 22.7 Å². The molecule has 6 heteroatoms. The standard InChI is InChI=1S/C15H10N2O2S2/c1-7-2-5-11(20-7)9-4-3-8-13-14(21-15(8)16-9)10(18)6-12(19)17-13/h2-6H,1H3,(H2,17,18,19). The van der Waals surface area contributed by atoms with Gasteiger partial charge in [0, 0.05) is 16.3 Å². The Kier molecular flexibility index (Phi) is 2.63. The molecule has 0 amide bonds. The van der Waals surface area contributed by atoms with Gasteiger partial charge in [0.15, 0.2) is 0 Å². The van der Waals surface area contributed by atoms with E-state index in [0.717, 1.165) is 20.8 Å². The second-order valence-corrected chi connectivity index (χ2v) is 7.07. The molecule has 4 heterocycles. The van der Waals surface area contributed by atoms with Crippen molar-refractivity contribution in [2.24, 2.45) is 0 Å². The number of nitrogens with one attached hydrogen (secondary N) is 1. The van der Waals surface area contributed by atoms with Crippen molar-refractivity contribution in [1.29, 1.82) is 0 Å². The summed E-state index contributed by atoms with van der Waals surface area (Å²) in [5.41, 5.74) is 1.26. The van der Waals surface area contributed by atoms with Crippen molar-refractivity contribution in [2.45, 2.75) is 6.92 Å². The zero-order valence-electron chi connectivity index (χ0n) is 11.0. The summed E-state index contributed by atoms with van der Waals surface area (Å²) in [6, 6.07) is 9.21. The SMILES string of the molecule is Cc1ccc(-c2ccc3c(n2)sc2c(O)cc(=O)[nH]c23)s1. The summed E-state index contributed by atoms with van der Waals surface area (Å²) in [4.78, 5) is 22.1. The predicted octanol–water partition coefficient (Wildman–Crippen LogP) is 3.88. The quantitative estimate of drug-likeness (QED) is 0.560. The molecule has 0 bridgehead atoms. The third-order valence-corrected chi connectivity index (χ3v) is 5.44. The molecular formula is C15H10N2O2S2. The van der Waals surface area contributed by atoms with Crippen molar-refractivity contribution >= 4 is 43.1 Å². The average molecular weight is 314 g/mol. The number of fused-ring (bicyclic) bond motifs is 3. The van der Waals surface area contributed by atoms with Crippen LogP contribution in [0.5, 0.6) is 5.75 Å². The molecule has 104 valence electrons. The number of thiophene rings is 2. The van der Waals surface area contributed by atoms with Crippen molar-refractivity contribution in [1.82, 2.24) is 9.97 Å². The molecule has 0 saturated carbocycles. The lowest BCUT2D eigenvalue weighted by molar-refractivity contribution is 0.481. The van der Waals surface area contributed by atoms with E-state index in [4.69, 9.17) is 0 Å². The Hall–Kier alpha value is -2.18. The first-order valence-corrected chi connectivity index (χ1v) is 7.97. The molecule has 4 rings (SSSR count). The van der Waals surface area contributed by atoms with E-state index in [2.05, 4.69) is 29.0 Å². The first-order chi connectivity index (χ1) is 10.1. The van der Waals surface area contributed by atoms with Crippen molar-refractivity contribution < 1.29 is 5.11 Å². The lowest BCUT2D eigenvalue weighted by atomic mass is 10.2. The highest BCUT2D eigenvalue weighted by atomic mass is 32.1. The molecule has 0 atom stereocenters. The van der Waals surface area contributed by atoms with Crippen LogP contribution in [0, 0.1) is 6.92 Å². The molecule has 0 aliphatic rings. The number of aromatic hydroxyl groups is 1. The number of aromatic amines is 1. The predicted molar refractivity (Wildman–Crippen MR) is 87.5 cm³/mol. The van der Waals surface area contributed by atoms with E-state index in [-0.39, 0.29) is 11.3 Å². The van der Waals surface area contributed by atoms with Crippen LogP contribution in [0.1, 0.15) is 4.88 Å². The van der Waals surface area contributed by atoms with Gasteiger partial charge in [0.25, 0.3) is 5.56 Å². The van der Waals surface area contributed by atoms with E-state index in [0.29, 0.717) is 10.2 Å². The van der Waals surface area contributed by atoms with Crippen LogP contribution >= 0.6 is 22.7 Å². The molecule has 21 heavy (non-hydrogen) atoms. The van der Waals surface area contributed by atoms with Crippen LogP contribution in [-0.4, -0.2) is 15.1 Å². The maximum atomic E-state index is 11.5. The molecule has 0 spiro atoms. The summed E-state index contributed by atoms with van der Waals surface area (Å²) >= 11 is 3.08. The number of aromatic nitrogens is 2. The van der Waals surface area contributed by atoms with Crippen LogP contribution in [0.15, 0.2) is 35.1 Å².